The molecule has 0 amide bonds. The number of hydrogen-bond acceptors (Lipinski definition) is 6. The van der Waals surface area contributed by atoms with E-state index in [-0.39, 0.29) is 0 Å². The smallest absolute Gasteiger partial charge is 0.226 e. The summed E-state index contributed by atoms with van der Waals surface area (Å²) >= 11 is 1.69. The van der Waals surface area contributed by atoms with Gasteiger partial charge in [-0.3, -0.25) is 4.99 Å². The number of aliphatic imine (C=N–C) groups is 1. The van der Waals surface area contributed by atoms with Gasteiger partial charge in [0.05, 0.1) is 10.7 Å². The second kappa shape index (κ2) is 10.1. The average Bonchev–Trinajstić information content (AvgIpc) is 3.20. The second-order valence-electron chi connectivity index (χ2n) is 6.10. The van der Waals surface area contributed by atoms with Crippen LogP contribution in [0.15, 0.2) is 14.9 Å². The Morgan fingerprint density at radius 1 is 1.28 bits per heavy atom. The van der Waals surface area contributed by atoms with E-state index in [9.17, 15) is 0 Å². The molecule has 0 aliphatic carbocycles. The summed E-state index contributed by atoms with van der Waals surface area (Å²) in [5, 5.41) is 13.8. The third-order valence-corrected chi connectivity index (χ3v) is 4.33. The molecule has 25 heavy (non-hydrogen) atoms. The monoisotopic (exact) mass is 364 g/mol. The maximum Gasteiger partial charge on any atom is 0.226 e. The van der Waals surface area contributed by atoms with E-state index in [2.05, 4.69) is 56.9 Å². The molecule has 2 aromatic rings. The van der Waals surface area contributed by atoms with Crippen LogP contribution in [0.5, 0.6) is 0 Å². The van der Waals surface area contributed by atoms with Crippen LogP contribution in [0.4, 0.5) is 0 Å². The normalized spacial score (nSPS) is 12.0. The summed E-state index contributed by atoms with van der Waals surface area (Å²) in [6.07, 6.45) is 2.52. The van der Waals surface area contributed by atoms with Crippen LogP contribution < -0.4 is 10.6 Å². The van der Waals surface area contributed by atoms with Crippen molar-refractivity contribution in [1.82, 2.24) is 25.8 Å². The standard InChI is InChI=1S/C17H28N6OS/c1-5-18-17(20-10-8-14-11-25-13(4)21-14)19-9-6-7-15-22-16(12(2)3)23-24-15/h11-12H,5-10H2,1-4H3,(H2,18,19,20). The largest absolute Gasteiger partial charge is 0.357 e. The predicted octanol–water partition coefficient (Wildman–Crippen LogP) is 2.69. The first-order valence-electron chi connectivity index (χ1n) is 8.84. The highest BCUT2D eigenvalue weighted by Gasteiger charge is 2.09. The molecular weight excluding hydrogens is 336 g/mol. The summed E-state index contributed by atoms with van der Waals surface area (Å²) in [4.78, 5) is 13.4. The summed E-state index contributed by atoms with van der Waals surface area (Å²) in [6.45, 7) is 10.6. The van der Waals surface area contributed by atoms with Crippen molar-refractivity contribution < 1.29 is 4.52 Å². The van der Waals surface area contributed by atoms with Crippen molar-refractivity contribution in [3.63, 3.8) is 0 Å². The molecule has 0 saturated carbocycles. The molecular formula is C17H28N6OS. The van der Waals surface area contributed by atoms with E-state index in [1.54, 1.807) is 11.3 Å². The molecule has 0 saturated heterocycles. The van der Waals surface area contributed by atoms with Gasteiger partial charge in [-0.2, -0.15) is 4.98 Å². The van der Waals surface area contributed by atoms with Crippen molar-refractivity contribution in [2.24, 2.45) is 4.99 Å². The summed E-state index contributed by atoms with van der Waals surface area (Å²) in [7, 11) is 0. The average molecular weight is 365 g/mol. The zero-order valence-electron chi connectivity index (χ0n) is 15.5. The van der Waals surface area contributed by atoms with Gasteiger partial charge in [0, 0.05) is 43.8 Å². The zero-order valence-corrected chi connectivity index (χ0v) is 16.3. The highest BCUT2D eigenvalue weighted by atomic mass is 32.1. The van der Waals surface area contributed by atoms with Crippen LogP contribution in [0.1, 0.15) is 55.5 Å². The Labute approximate surface area is 153 Å². The Kier molecular flexibility index (Phi) is 7.84. The molecule has 0 aromatic carbocycles. The van der Waals surface area contributed by atoms with E-state index in [1.165, 1.54) is 0 Å². The third kappa shape index (κ3) is 6.81. The Morgan fingerprint density at radius 3 is 2.76 bits per heavy atom. The van der Waals surface area contributed by atoms with E-state index in [1.807, 2.05) is 6.92 Å². The van der Waals surface area contributed by atoms with Crippen molar-refractivity contribution in [1.29, 1.82) is 0 Å². The first kappa shape index (κ1) is 19.4. The lowest BCUT2D eigenvalue weighted by molar-refractivity contribution is 0.369. The summed E-state index contributed by atoms with van der Waals surface area (Å²) in [5.74, 6) is 2.59. The number of guanidine groups is 1. The molecule has 0 unspecified atom stereocenters. The van der Waals surface area contributed by atoms with Gasteiger partial charge in [0.2, 0.25) is 5.89 Å². The van der Waals surface area contributed by atoms with Gasteiger partial charge in [0.1, 0.15) is 0 Å². The molecule has 7 nitrogen and oxygen atoms in total. The van der Waals surface area contributed by atoms with Crippen LogP contribution in [-0.4, -0.2) is 40.7 Å². The van der Waals surface area contributed by atoms with Crippen LogP contribution in [-0.2, 0) is 12.8 Å². The van der Waals surface area contributed by atoms with Crippen molar-refractivity contribution in [3.8, 4) is 0 Å². The summed E-state index contributed by atoms with van der Waals surface area (Å²) in [6, 6.07) is 0. The second-order valence-corrected chi connectivity index (χ2v) is 7.16. The highest BCUT2D eigenvalue weighted by Crippen LogP contribution is 2.10. The van der Waals surface area contributed by atoms with Gasteiger partial charge in [0.15, 0.2) is 11.8 Å². The highest BCUT2D eigenvalue weighted by molar-refractivity contribution is 7.09. The van der Waals surface area contributed by atoms with Gasteiger partial charge < -0.3 is 15.2 Å². The van der Waals surface area contributed by atoms with E-state index < -0.39 is 0 Å². The number of rotatable bonds is 9. The Hall–Kier alpha value is -1.96. The molecule has 0 aliphatic rings. The van der Waals surface area contributed by atoms with E-state index in [0.717, 1.165) is 54.8 Å². The molecule has 0 atom stereocenters. The topological polar surface area (TPSA) is 88.2 Å². The van der Waals surface area contributed by atoms with Gasteiger partial charge in [-0.15, -0.1) is 11.3 Å². The fourth-order valence-corrected chi connectivity index (χ4v) is 2.85. The minimum absolute atomic E-state index is 0.293. The summed E-state index contributed by atoms with van der Waals surface area (Å²) < 4.78 is 5.25. The fourth-order valence-electron chi connectivity index (χ4n) is 2.20. The number of nitrogens with zero attached hydrogens (tertiary/aromatic N) is 4. The van der Waals surface area contributed by atoms with Gasteiger partial charge in [-0.1, -0.05) is 19.0 Å². The number of nitrogens with one attached hydrogen (secondary N) is 2. The van der Waals surface area contributed by atoms with Gasteiger partial charge in [-0.05, 0) is 20.3 Å². The minimum atomic E-state index is 0.293. The Bertz CT molecular complexity index is 664. The molecule has 0 radical (unpaired) electrons. The van der Waals surface area contributed by atoms with E-state index in [4.69, 9.17) is 4.52 Å². The quantitative estimate of drug-likeness (QED) is 0.404. The lowest BCUT2D eigenvalue weighted by Gasteiger charge is -2.10. The molecule has 2 rings (SSSR count). The third-order valence-electron chi connectivity index (χ3n) is 3.50. The lowest BCUT2D eigenvalue weighted by atomic mass is 10.2. The molecule has 0 aliphatic heterocycles. The predicted molar refractivity (Wildman–Crippen MR) is 101 cm³/mol. The first-order chi connectivity index (χ1) is 12.1. The van der Waals surface area contributed by atoms with Gasteiger partial charge in [-0.25, -0.2) is 4.98 Å². The van der Waals surface area contributed by atoms with Crippen LogP contribution in [0, 0.1) is 6.92 Å². The number of aryl methyl sites for hydroxylation is 2. The van der Waals surface area contributed by atoms with Crippen molar-refractivity contribution in [2.45, 2.75) is 52.9 Å². The van der Waals surface area contributed by atoms with E-state index in [0.29, 0.717) is 18.4 Å². The molecule has 2 heterocycles. The molecule has 138 valence electrons. The zero-order chi connectivity index (χ0) is 18.1. The van der Waals surface area contributed by atoms with Gasteiger partial charge >= 0.3 is 0 Å². The number of aromatic nitrogens is 3. The SMILES string of the molecule is CCNC(=NCCCc1nc(C(C)C)no1)NCCc1csc(C)n1. The number of hydrogen-bond donors (Lipinski definition) is 2. The molecule has 2 N–H and O–H groups in total. The molecule has 8 heteroatoms. The minimum Gasteiger partial charge on any atom is -0.357 e. The maximum absolute atomic E-state index is 5.25. The molecule has 0 bridgehead atoms. The Morgan fingerprint density at radius 2 is 2.12 bits per heavy atom. The van der Waals surface area contributed by atoms with Crippen LogP contribution in [0.2, 0.25) is 0 Å². The van der Waals surface area contributed by atoms with Gasteiger partial charge in [0.25, 0.3) is 0 Å². The van der Waals surface area contributed by atoms with Crippen LogP contribution >= 0.6 is 11.3 Å². The molecule has 0 fully saturated rings. The first-order valence-corrected chi connectivity index (χ1v) is 9.72. The molecule has 2 aromatic heterocycles. The molecule has 0 spiro atoms. The van der Waals surface area contributed by atoms with Crippen molar-refractivity contribution >= 4 is 17.3 Å². The Balaban J connectivity index is 1.72. The van der Waals surface area contributed by atoms with E-state index >= 15 is 0 Å². The van der Waals surface area contributed by atoms with Crippen LogP contribution in [0.3, 0.4) is 0 Å². The van der Waals surface area contributed by atoms with Crippen molar-refractivity contribution in [3.05, 3.63) is 27.8 Å². The van der Waals surface area contributed by atoms with Crippen molar-refractivity contribution in [2.75, 3.05) is 19.6 Å². The number of thiazole rings is 1. The summed E-state index contributed by atoms with van der Waals surface area (Å²) in [5.41, 5.74) is 1.13. The van der Waals surface area contributed by atoms with Crippen LogP contribution in [0.25, 0.3) is 0 Å². The fraction of sp³-hybridized carbons (Fsp3) is 0.647. The maximum atomic E-state index is 5.25. The lowest BCUT2D eigenvalue weighted by Crippen LogP contribution is -2.38.